The third kappa shape index (κ3) is 8.85. The number of thioether (sulfide) groups is 1. The van der Waals surface area contributed by atoms with Crippen LogP contribution in [0.2, 0.25) is 0 Å². The molecule has 0 heterocycles. The Bertz CT molecular complexity index is 288. The average molecular weight is 313 g/mol. The van der Waals surface area contributed by atoms with Crippen LogP contribution in [0.15, 0.2) is 10.2 Å². The molecule has 0 aromatic heterocycles. The zero-order valence-electron chi connectivity index (χ0n) is 14.8. The second kappa shape index (κ2) is 9.86. The molecule has 0 aromatic rings. The second-order valence-corrected chi connectivity index (χ2v) is 8.95. The van der Waals surface area contributed by atoms with Gasteiger partial charge in [0.2, 0.25) is 0 Å². The lowest BCUT2D eigenvalue weighted by molar-refractivity contribution is 0.377. The maximum absolute atomic E-state index is 4.82. The highest BCUT2D eigenvalue weighted by Crippen LogP contribution is 2.42. The highest BCUT2D eigenvalue weighted by atomic mass is 32.2. The third-order valence-electron chi connectivity index (χ3n) is 4.04. The summed E-state index contributed by atoms with van der Waals surface area (Å²) in [6, 6.07) is 0. The molecule has 0 aromatic carbocycles. The first-order valence-electron chi connectivity index (χ1n) is 9.05. The zero-order chi connectivity index (χ0) is 15.6. The smallest absolute Gasteiger partial charge is 0.127 e. The Morgan fingerprint density at radius 2 is 1.52 bits per heavy atom. The molecule has 0 saturated heterocycles. The highest BCUT2D eigenvalue weighted by molar-refractivity contribution is 8.00. The Balaban J connectivity index is 2.35. The molecule has 0 atom stereocenters. The van der Waals surface area contributed by atoms with Gasteiger partial charge in [0.15, 0.2) is 0 Å². The quantitative estimate of drug-likeness (QED) is 0.332. The Labute approximate surface area is 137 Å². The van der Waals surface area contributed by atoms with Crippen molar-refractivity contribution in [3.63, 3.8) is 0 Å². The topological polar surface area (TPSA) is 24.7 Å². The van der Waals surface area contributed by atoms with Gasteiger partial charge in [-0.05, 0) is 45.8 Å². The van der Waals surface area contributed by atoms with E-state index in [0.29, 0.717) is 0 Å². The van der Waals surface area contributed by atoms with Crippen molar-refractivity contribution in [2.75, 3.05) is 5.75 Å². The summed E-state index contributed by atoms with van der Waals surface area (Å²) in [6.07, 6.45) is 14.8. The molecule has 0 N–H and O–H groups in total. The zero-order valence-corrected chi connectivity index (χ0v) is 15.6. The van der Waals surface area contributed by atoms with Gasteiger partial charge in [0.05, 0.1) is 5.54 Å². The molecular formula is C18H36N2S. The van der Waals surface area contributed by atoms with E-state index < -0.39 is 0 Å². The first kappa shape index (κ1) is 19.0. The minimum Gasteiger partial charge on any atom is -0.187 e. The molecule has 1 rings (SSSR count). The van der Waals surface area contributed by atoms with Crippen LogP contribution < -0.4 is 0 Å². The van der Waals surface area contributed by atoms with Gasteiger partial charge in [0, 0.05) is 0 Å². The molecular weight excluding hydrogens is 276 g/mol. The van der Waals surface area contributed by atoms with Crippen molar-refractivity contribution in [3.8, 4) is 0 Å². The Morgan fingerprint density at radius 3 is 2.14 bits per heavy atom. The largest absolute Gasteiger partial charge is 0.187 e. The normalized spacial score (nSPS) is 19.2. The standard InChI is InChI=1S/C18H36N2S/c1-5-6-7-8-9-13-16-21-18(14-11-10-12-15-18)20-19-17(2,3)4/h5-16H2,1-4H3. The molecule has 3 heteroatoms. The minimum absolute atomic E-state index is 0.0365. The fraction of sp³-hybridized carbons (Fsp3) is 1.00. The molecule has 0 amide bonds. The minimum atomic E-state index is -0.0365. The summed E-state index contributed by atoms with van der Waals surface area (Å²) in [5.41, 5.74) is -0.0365. The van der Waals surface area contributed by atoms with Gasteiger partial charge in [0.25, 0.3) is 0 Å². The van der Waals surface area contributed by atoms with Crippen LogP contribution in [-0.2, 0) is 0 Å². The van der Waals surface area contributed by atoms with Crippen molar-refractivity contribution in [2.24, 2.45) is 10.2 Å². The van der Waals surface area contributed by atoms with Gasteiger partial charge in [-0.15, -0.1) is 11.8 Å². The van der Waals surface area contributed by atoms with Crippen LogP contribution >= 0.6 is 11.8 Å². The van der Waals surface area contributed by atoms with Crippen molar-refractivity contribution < 1.29 is 0 Å². The summed E-state index contributed by atoms with van der Waals surface area (Å²) >= 11 is 2.09. The number of unbranched alkanes of at least 4 members (excludes halogenated alkanes) is 5. The van der Waals surface area contributed by atoms with Crippen LogP contribution in [0.25, 0.3) is 0 Å². The molecule has 2 nitrogen and oxygen atoms in total. The first-order chi connectivity index (χ1) is 9.97. The number of hydrogen-bond acceptors (Lipinski definition) is 3. The lowest BCUT2D eigenvalue weighted by Gasteiger charge is -2.32. The number of hydrogen-bond donors (Lipinski definition) is 0. The average Bonchev–Trinajstić information content (AvgIpc) is 2.45. The SMILES string of the molecule is CCCCCCCCSC1(N=NC(C)(C)C)CCCCC1. The van der Waals surface area contributed by atoms with Gasteiger partial charge in [-0.2, -0.15) is 10.2 Å². The van der Waals surface area contributed by atoms with Crippen molar-refractivity contribution in [1.82, 2.24) is 0 Å². The van der Waals surface area contributed by atoms with Crippen molar-refractivity contribution >= 4 is 11.8 Å². The van der Waals surface area contributed by atoms with E-state index in [9.17, 15) is 0 Å². The van der Waals surface area contributed by atoms with Crippen LogP contribution in [0, 0.1) is 0 Å². The monoisotopic (exact) mass is 312 g/mol. The summed E-state index contributed by atoms with van der Waals surface area (Å²) in [6.45, 7) is 8.71. The molecule has 0 radical (unpaired) electrons. The fourth-order valence-electron chi connectivity index (χ4n) is 2.76. The molecule has 1 saturated carbocycles. The summed E-state index contributed by atoms with van der Waals surface area (Å²) in [4.78, 5) is 0.106. The van der Waals surface area contributed by atoms with Gasteiger partial charge < -0.3 is 0 Å². The number of nitrogens with zero attached hydrogens (tertiary/aromatic N) is 2. The van der Waals surface area contributed by atoms with Crippen LogP contribution in [0.5, 0.6) is 0 Å². The summed E-state index contributed by atoms with van der Waals surface area (Å²) in [5, 5.41) is 9.42. The Hall–Kier alpha value is -0.0500. The molecule has 0 unspecified atom stereocenters. The highest BCUT2D eigenvalue weighted by Gasteiger charge is 2.32. The van der Waals surface area contributed by atoms with Crippen LogP contribution in [-0.4, -0.2) is 16.2 Å². The van der Waals surface area contributed by atoms with E-state index in [0.717, 1.165) is 0 Å². The molecule has 1 fully saturated rings. The van der Waals surface area contributed by atoms with E-state index in [1.54, 1.807) is 0 Å². The predicted octanol–water partition coefficient (Wildman–Crippen LogP) is 6.99. The first-order valence-corrected chi connectivity index (χ1v) is 10.0. The van der Waals surface area contributed by atoms with E-state index in [4.69, 9.17) is 5.11 Å². The predicted molar refractivity (Wildman–Crippen MR) is 96.3 cm³/mol. The molecule has 21 heavy (non-hydrogen) atoms. The fourth-order valence-corrected chi connectivity index (χ4v) is 4.17. The Kier molecular flexibility index (Phi) is 8.92. The Morgan fingerprint density at radius 1 is 0.905 bits per heavy atom. The van der Waals surface area contributed by atoms with Crippen LogP contribution in [0.3, 0.4) is 0 Å². The van der Waals surface area contributed by atoms with Gasteiger partial charge in [-0.3, -0.25) is 0 Å². The van der Waals surface area contributed by atoms with Gasteiger partial charge in [-0.25, -0.2) is 0 Å². The lowest BCUT2D eigenvalue weighted by atomic mass is 9.95. The van der Waals surface area contributed by atoms with E-state index in [-0.39, 0.29) is 10.4 Å². The molecule has 1 aliphatic carbocycles. The van der Waals surface area contributed by atoms with E-state index in [1.807, 2.05) is 0 Å². The molecule has 1 aliphatic rings. The van der Waals surface area contributed by atoms with Gasteiger partial charge >= 0.3 is 0 Å². The maximum Gasteiger partial charge on any atom is 0.127 e. The maximum atomic E-state index is 4.82. The number of azo groups is 1. The lowest BCUT2D eigenvalue weighted by Crippen LogP contribution is -2.26. The van der Waals surface area contributed by atoms with Crippen LogP contribution in [0.4, 0.5) is 0 Å². The number of rotatable bonds is 9. The molecule has 124 valence electrons. The van der Waals surface area contributed by atoms with Gasteiger partial charge in [-0.1, -0.05) is 58.3 Å². The summed E-state index contributed by atoms with van der Waals surface area (Å²) in [5.74, 6) is 1.26. The molecule has 0 bridgehead atoms. The summed E-state index contributed by atoms with van der Waals surface area (Å²) in [7, 11) is 0. The van der Waals surface area contributed by atoms with Gasteiger partial charge in [0.1, 0.15) is 4.87 Å². The van der Waals surface area contributed by atoms with Crippen LogP contribution in [0.1, 0.15) is 98.3 Å². The molecule has 0 aliphatic heterocycles. The molecule has 0 spiro atoms. The third-order valence-corrected chi connectivity index (χ3v) is 5.56. The van der Waals surface area contributed by atoms with Crippen molar-refractivity contribution in [2.45, 2.75) is 109 Å². The van der Waals surface area contributed by atoms with Crippen molar-refractivity contribution in [1.29, 1.82) is 0 Å². The van der Waals surface area contributed by atoms with E-state index in [1.165, 1.54) is 76.4 Å². The summed E-state index contributed by atoms with van der Waals surface area (Å²) < 4.78 is 0. The van der Waals surface area contributed by atoms with E-state index >= 15 is 0 Å². The van der Waals surface area contributed by atoms with Crippen molar-refractivity contribution in [3.05, 3.63) is 0 Å². The van der Waals surface area contributed by atoms with E-state index in [2.05, 4.69) is 44.6 Å². The second-order valence-electron chi connectivity index (χ2n) is 7.49.